The number of hydrogen-bond donors (Lipinski definition) is 3. The van der Waals surface area contributed by atoms with Crippen molar-refractivity contribution >= 4 is 21.6 Å². The fourth-order valence-corrected chi connectivity index (χ4v) is 2.55. The molecule has 0 saturated carbocycles. The second-order valence-corrected chi connectivity index (χ2v) is 5.95. The highest BCUT2D eigenvalue weighted by Gasteiger charge is 2.17. The number of rotatable bonds is 4. The molecule has 0 spiro atoms. The Morgan fingerprint density at radius 3 is 2.48 bits per heavy atom. The van der Waals surface area contributed by atoms with E-state index in [0.717, 1.165) is 0 Å². The summed E-state index contributed by atoms with van der Waals surface area (Å²) in [6, 6.07) is 8.59. The first-order valence-corrected chi connectivity index (χ1v) is 7.45. The molecule has 1 aromatic carbocycles. The number of nitrogens with one attached hydrogen (secondary N) is 3. The average Bonchev–Trinajstić information content (AvgIpc) is 2.48. The molecule has 110 valence electrons. The number of H-pyrrole nitrogens is 1. The molecule has 0 aliphatic heterocycles. The summed E-state index contributed by atoms with van der Waals surface area (Å²) in [5, 5.41) is 2.51. The van der Waals surface area contributed by atoms with Crippen LogP contribution in [0.15, 0.2) is 52.3 Å². The van der Waals surface area contributed by atoms with E-state index in [1.54, 1.807) is 12.1 Å². The van der Waals surface area contributed by atoms with Crippen molar-refractivity contribution in [3.05, 3.63) is 58.5 Å². The van der Waals surface area contributed by atoms with Crippen LogP contribution in [0.5, 0.6) is 0 Å². The number of amides is 1. The van der Waals surface area contributed by atoms with Gasteiger partial charge in [-0.15, -0.1) is 0 Å². The predicted molar refractivity (Wildman–Crippen MR) is 77.7 cm³/mol. The first kappa shape index (κ1) is 14.9. The van der Waals surface area contributed by atoms with E-state index in [2.05, 4.69) is 15.0 Å². The topological polar surface area (TPSA) is 108 Å². The van der Waals surface area contributed by atoms with Gasteiger partial charge >= 0.3 is 0 Å². The number of carbonyl (C=O) groups is 1. The van der Waals surface area contributed by atoms with Gasteiger partial charge in [-0.05, 0) is 25.2 Å². The van der Waals surface area contributed by atoms with E-state index >= 15 is 0 Å². The number of aromatic amines is 1. The van der Waals surface area contributed by atoms with Crippen molar-refractivity contribution in [2.24, 2.45) is 0 Å². The number of sulfonamides is 1. The fraction of sp³-hybridized carbons (Fsp3) is 0.0769. The Bertz CT molecular complexity index is 807. The SMILES string of the molecule is CNS(=O)(=O)c1ccccc1NC(=O)c1ccc(=O)[nH]c1. The van der Waals surface area contributed by atoms with Crippen molar-refractivity contribution in [1.29, 1.82) is 0 Å². The Morgan fingerprint density at radius 1 is 1.14 bits per heavy atom. The molecule has 0 atom stereocenters. The molecule has 21 heavy (non-hydrogen) atoms. The minimum absolute atomic E-state index is 0.0368. The number of carbonyl (C=O) groups excluding carboxylic acids is 1. The standard InChI is InChI=1S/C13H13N3O4S/c1-14-21(19,20)11-5-3-2-4-10(11)16-13(18)9-6-7-12(17)15-8-9/h2-8,14H,1H3,(H,15,17)(H,16,18). The highest BCUT2D eigenvalue weighted by atomic mass is 32.2. The smallest absolute Gasteiger partial charge is 0.257 e. The molecule has 3 N–H and O–H groups in total. The lowest BCUT2D eigenvalue weighted by atomic mass is 10.2. The predicted octanol–water partition coefficient (Wildman–Crippen LogP) is 0.535. The zero-order valence-electron chi connectivity index (χ0n) is 11.1. The van der Waals surface area contributed by atoms with Crippen molar-refractivity contribution in [2.75, 3.05) is 12.4 Å². The van der Waals surface area contributed by atoms with Crippen LogP contribution in [0.1, 0.15) is 10.4 Å². The van der Waals surface area contributed by atoms with E-state index in [0.29, 0.717) is 0 Å². The van der Waals surface area contributed by atoms with Gasteiger partial charge in [-0.2, -0.15) is 0 Å². The van der Waals surface area contributed by atoms with Crippen LogP contribution >= 0.6 is 0 Å². The number of anilines is 1. The van der Waals surface area contributed by atoms with E-state index < -0.39 is 15.9 Å². The maximum absolute atomic E-state index is 12.0. The summed E-state index contributed by atoms with van der Waals surface area (Å²) in [7, 11) is -2.40. The molecule has 7 nitrogen and oxygen atoms in total. The average molecular weight is 307 g/mol. The quantitative estimate of drug-likeness (QED) is 0.766. The van der Waals surface area contributed by atoms with Crippen LogP contribution in [-0.2, 0) is 10.0 Å². The molecule has 8 heteroatoms. The molecule has 0 saturated heterocycles. The molecule has 2 rings (SSSR count). The van der Waals surface area contributed by atoms with Gasteiger partial charge in [-0.3, -0.25) is 9.59 Å². The van der Waals surface area contributed by atoms with E-state index in [1.165, 1.54) is 37.5 Å². The molecular weight excluding hydrogens is 294 g/mol. The van der Waals surface area contributed by atoms with Crippen LogP contribution in [0.4, 0.5) is 5.69 Å². The third-order valence-corrected chi connectivity index (χ3v) is 4.21. The Labute approximate surface area is 121 Å². The van der Waals surface area contributed by atoms with Gasteiger partial charge < -0.3 is 10.3 Å². The maximum atomic E-state index is 12.0. The Hall–Kier alpha value is -2.45. The third-order valence-electron chi connectivity index (χ3n) is 2.74. The molecule has 0 bridgehead atoms. The molecule has 1 amide bonds. The normalized spacial score (nSPS) is 11.1. The lowest BCUT2D eigenvalue weighted by Crippen LogP contribution is -2.22. The number of benzene rings is 1. The summed E-state index contributed by atoms with van der Waals surface area (Å²) in [5.74, 6) is -0.523. The molecule has 0 aliphatic rings. The fourth-order valence-electron chi connectivity index (χ4n) is 1.66. The van der Waals surface area contributed by atoms with Gasteiger partial charge in [0.15, 0.2) is 0 Å². The van der Waals surface area contributed by atoms with Crippen molar-refractivity contribution in [2.45, 2.75) is 4.90 Å². The second-order valence-electron chi connectivity index (χ2n) is 4.10. The number of hydrogen-bond acceptors (Lipinski definition) is 4. The van der Waals surface area contributed by atoms with Gasteiger partial charge in [0.1, 0.15) is 4.90 Å². The first-order valence-electron chi connectivity index (χ1n) is 5.97. The van der Waals surface area contributed by atoms with Crippen molar-refractivity contribution < 1.29 is 13.2 Å². The first-order chi connectivity index (χ1) is 9.94. The highest BCUT2D eigenvalue weighted by molar-refractivity contribution is 7.89. The number of para-hydroxylation sites is 1. The van der Waals surface area contributed by atoms with E-state index in [9.17, 15) is 18.0 Å². The molecule has 0 radical (unpaired) electrons. The molecule has 1 heterocycles. The Balaban J connectivity index is 2.34. The molecular formula is C13H13N3O4S. The molecule has 2 aromatic rings. The van der Waals surface area contributed by atoms with Crippen molar-refractivity contribution in [3.63, 3.8) is 0 Å². The zero-order chi connectivity index (χ0) is 15.5. The van der Waals surface area contributed by atoms with Crippen molar-refractivity contribution in [3.8, 4) is 0 Å². The van der Waals surface area contributed by atoms with Crippen LogP contribution < -0.4 is 15.6 Å². The van der Waals surface area contributed by atoms with E-state index in [1.807, 2.05) is 0 Å². The summed E-state index contributed by atoms with van der Waals surface area (Å²) < 4.78 is 25.9. The molecule has 1 aromatic heterocycles. The summed E-state index contributed by atoms with van der Waals surface area (Å²) >= 11 is 0. The molecule has 0 unspecified atom stereocenters. The van der Waals surface area contributed by atoms with Gasteiger partial charge in [-0.25, -0.2) is 13.1 Å². The second kappa shape index (κ2) is 5.90. The van der Waals surface area contributed by atoms with Crippen LogP contribution in [0, 0.1) is 0 Å². The lowest BCUT2D eigenvalue weighted by molar-refractivity contribution is 0.102. The summed E-state index contributed by atoms with van der Waals surface area (Å²) in [5.41, 5.74) is 0.0408. The summed E-state index contributed by atoms with van der Waals surface area (Å²) in [6.45, 7) is 0. The van der Waals surface area contributed by atoms with Gasteiger partial charge in [0.2, 0.25) is 15.6 Å². The maximum Gasteiger partial charge on any atom is 0.257 e. The van der Waals surface area contributed by atoms with Gasteiger partial charge in [-0.1, -0.05) is 12.1 Å². The van der Waals surface area contributed by atoms with Crippen molar-refractivity contribution in [1.82, 2.24) is 9.71 Å². The Kier molecular flexibility index (Phi) is 4.20. The summed E-state index contributed by atoms with van der Waals surface area (Å²) in [4.78, 5) is 25.3. The van der Waals surface area contributed by atoms with Crippen LogP contribution in [-0.4, -0.2) is 26.4 Å². The zero-order valence-corrected chi connectivity index (χ0v) is 11.9. The third kappa shape index (κ3) is 3.36. The van der Waals surface area contributed by atoms with Gasteiger partial charge in [0, 0.05) is 12.3 Å². The minimum atomic E-state index is -3.69. The lowest BCUT2D eigenvalue weighted by Gasteiger charge is -2.10. The van der Waals surface area contributed by atoms with Crippen LogP contribution in [0.3, 0.4) is 0 Å². The van der Waals surface area contributed by atoms with E-state index in [-0.39, 0.29) is 21.7 Å². The largest absolute Gasteiger partial charge is 0.328 e. The Morgan fingerprint density at radius 2 is 1.86 bits per heavy atom. The monoisotopic (exact) mass is 307 g/mol. The van der Waals surface area contributed by atoms with Crippen LogP contribution in [0.25, 0.3) is 0 Å². The molecule has 0 fully saturated rings. The van der Waals surface area contributed by atoms with Gasteiger partial charge in [0.05, 0.1) is 11.3 Å². The van der Waals surface area contributed by atoms with Gasteiger partial charge in [0.25, 0.3) is 5.91 Å². The van der Waals surface area contributed by atoms with E-state index in [4.69, 9.17) is 0 Å². The van der Waals surface area contributed by atoms with Crippen LogP contribution in [0.2, 0.25) is 0 Å². The highest BCUT2D eigenvalue weighted by Crippen LogP contribution is 2.20. The number of aromatic nitrogens is 1. The number of pyridine rings is 1. The minimum Gasteiger partial charge on any atom is -0.328 e. The summed E-state index contributed by atoms with van der Waals surface area (Å²) in [6.07, 6.45) is 1.26. The molecule has 0 aliphatic carbocycles.